The third-order valence-corrected chi connectivity index (χ3v) is 4.84. The maximum Gasteiger partial charge on any atom is 0.0631 e. The summed E-state index contributed by atoms with van der Waals surface area (Å²) < 4.78 is 6.19. The summed E-state index contributed by atoms with van der Waals surface area (Å²) in [6.45, 7) is 8.98. The second kappa shape index (κ2) is 6.38. The van der Waals surface area contributed by atoms with Crippen LogP contribution in [-0.2, 0) is 4.74 Å². The van der Waals surface area contributed by atoms with Gasteiger partial charge in [0, 0.05) is 0 Å². The fourth-order valence-electron chi connectivity index (χ4n) is 3.78. The summed E-state index contributed by atoms with van der Waals surface area (Å²) in [6.07, 6.45) is 10.1. The van der Waals surface area contributed by atoms with E-state index in [0.29, 0.717) is 6.10 Å². The highest BCUT2D eigenvalue weighted by Gasteiger charge is 2.35. The van der Waals surface area contributed by atoms with E-state index in [1.165, 1.54) is 51.5 Å². The van der Waals surface area contributed by atoms with Crippen LogP contribution in [0.2, 0.25) is 0 Å². The Labute approximate surface area is 113 Å². The minimum atomic E-state index is 0.128. The first-order chi connectivity index (χ1) is 8.61. The molecule has 2 fully saturated rings. The molecule has 2 rings (SSSR count). The maximum atomic E-state index is 6.19. The summed E-state index contributed by atoms with van der Waals surface area (Å²) in [5, 5.41) is 3.56. The van der Waals surface area contributed by atoms with Crippen LogP contribution in [0.3, 0.4) is 0 Å². The lowest BCUT2D eigenvalue weighted by Crippen LogP contribution is -2.31. The molecule has 2 atom stereocenters. The van der Waals surface area contributed by atoms with Gasteiger partial charge in [-0.2, -0.15) is 0 Å². The average molecular weight is 253 g/mol. The minimum absolute atomic E-state index is 0.128. The first kappa shape index (κ1) is 14.3. The maximum absolute atomic E-state index is 6.19. The first-order valence-electron chi connectivity index (χ1n) is 7.99. The van der Waals surface area contributed by atoms with Crippen molar-refractivity contribution in [3.8, 4) is 0 Å². The molecule has 2 heteroatoms. The zero-order valence-electron chi connectivity index (χ0n) is 12.5. The standard InChI is InChI=1S/C16H31NO/c1-4-17-12-14(13-7-5-6-8-13)11-15-9-10-16(2,3)18-15/h13-15,17H,4-12H2,1-3H3. The molecular formula is C16H31NO. The van der Waals surface area contributed by atoms with Gasteiger partial charge >= 0.3 is 0 Å². The summed E-state index contributed by atoms with van der Waals surface area (Å²) in [5.41, 5.74) is 0.128. The van der Waals surface area contributed by atoms with E-state index in [1.807, 2.05) is 0 Å². The molecular weight excluding hydrogens is 222 g/mol. The normalized spacial score (nSPS) is 29.8. The van der Waals surface area contributed by atoms with Crippen molar-refractivity contribution in [2.75, 3.05) is 13.1 Å². The zero-order valence-corrected chi connectivity index (χ0v) is 12.5. The molecule has 1 saturated carbocycles. The van der Waals surface area contributed by atoms with Crippen LogP contribution in [0, 0.1) is 11.8 Å². The third-order valence-electron chi connectivity index (χ3n) is 4.84. The highest BCUT2D eigenvalue weighted by Crippen LogP contribution is 2.38. The van der Waals surface area contributed by atoms with Gasteiger partial charge in [0.2, 0.25) is 0 Å². The van der Waals surface area contributed by atoms with Gasteiger partial charge in [0.25, 0.3) is 0 Å². The summed E-state index contributed by atoms with van der Waals surface area (Å²) in [7, 11) is 0. The molecule has 0 bridgehead atoms. The number of hydrogen-bond acceptors (Lipinski definition) is 2. The van der Waals surface area contributed by atoms with Crippen LogP contribution in [0.5, 0.6) is 0 Å². The molecule has 1 aliphatic heterocycles. The third kappa shape index (κ3) is 3.96. The Kier molecular flexibility index (Phi) is 5.08. The molecule has 2 aliphatic rings. The Morgan fingerprint density at radius 2 is 1.94 bits per heavy atom. The van der Waals surface area contributed by atoms with Crippen molar-refractivity contribution < 1.29 is 4.74 Å². The first-order valence-corrected chi connectivity index (χ1v) is 7.99. The Balaban J connectivity index is 1.84. The van der Waals surface area contributed by atoms with E-state index >= 15 is 0 Å². The van der Waals surface area contributed by atoms with Crippen LogP contribution >= 0.6 is 0 Å². The van der Waals surface area contributed by atoms with Crippen LogP contribution in [0.4, 0.5) is 0 Å². The van der Waals surface area contributed by atoms with Crippen molar-refractivity contribution in [3.63, 3.8) is 0 Å². The molecule has 2 unspecified atom stereocenters. The van der Waals surface area contributed by atoms with Gasteiger partial charge in [-0.1, -0.05) is 32.6 Å². The molecule has 0 radical (unpaired) electrons. The number of rotatable bonds is 6. The Morgan fingerprint density at radius 3 is 2.50 bits per heavy atom. The van der Waals surface area contributed by atoms with Gasteiger partial charge in [0.15, 0.2) is 0 Å². The molecule has 1 aliphatic carbocycles. The lowest BCUT2D eigenvalue weighted by atomic mass is 9.85. The minimum Gasteiger partial charge on any atom is -0.372 e. The fourth-order valence-corrected chi connectivity index (χ4v) is 3.78. The monoisotopic (exact) mass is 253 g/mol. The Hall–Kier alpha value is -0.0800. The molecule has 0 aromatic heterocycles. The van der Waals surface area contributed by atoms with Gasteiger partial charge in [0.1, 0.15) is 0 Å². The smallest absolute Gasteiger partial charge is 0.0631 e. The van der Waals surface area contributed by atoms with E-state index in [0.717, 1.165) is 18.4 Å². The van der Waals surface area contributed by atoms with Crippen molar-refractivity contribution in [2.24, 2.45) is 11.8 Å². The number of ether oxygens (including phenoxy) is 1. The lowest BCUT2D eigenvalue weighted by molar-refractivity contribution is -0.0278. The molecule has 0 spiro atoms. The number of nitrogens with one attached hydrogen (secondary N) is 1. The van der Waals surface area contributed by atoms with Gasteiger partial charge in [-0.15, -0.1) is 0 Å². The van der Waals surface area contributed by atoms with Crippen LogP contribution in [-0.4, -0.2) is 24.8 Å². The van der Waals surface area contributed by atoms with Gasteiger partial charge in [-0.05, 0) is 58.0 Å². The summed E-state index contributed by atoms with van der Waals surface area (Å²) in [6, 6.07) is 0. The summed E-state index contributed by atoms with van der Waals surface area (Å²) in [4.78, 5) is 0. The van der Waals surface area contributed by atoms with E-state index in [2.05, 4.69) is 26.1 Å². The Bertz CT molecular complexity index is 245. The van der Waals surface area contributed by atoms with Crippen LogP contribution in [0.1, 0.15) is 65.7 Å². The Morgan fingerprint density at radius 1 is 1.22 bits per heavy atom. The largest absolute Gasteiger partial charge is 0.372 e. The highest BCUT2D eigenvalue weighted by atomic mass is 16.5. The topological polar surface area (TPSA) is 21.3 Å². The summed E-state index contributed by atoms with van der Waals surface area (Å²) >= 11 is 0. The molecule has 0 aromatic rings. The molecule has 1 N–H and O–H groups in total. The number of hydrogen-bond donors (Lipinski definition) is 1. The van der Waals surface area contributed by atoms with E-state index in [-0.39, 0.29) is 5.60 Å². The van der Waals surface area contributed by atoms with Crippen molar-refractivity contribution in [2.45, 2.75) is 77.4 Å². The molecule has 0 amide bonds. The van der Waals surface area contributed by atoms with E-state index in [4.69, 9.17) is 4.74 Å². The van der Waals surface area contributed by atoms with Crippen LogP contribution in [0.25, 0.3) is 0 Å². The highest BCUT2D eigenvalue weighted by molar-refractivity contribution is 4.85. The molecule has 1 saturated heterocycles. The lowest BCUT2D eigenvalue weighted by Gasteiger charge is -2.27. The predicted molar refractivity (Wildman–Crippen MR) is 76.8 cm³/mol. The van der Waals surface area contributed by atoms with Crippen LogP contribution < -0.4 is 5.32 Å². The average Bonchev–Trinajstić information content (AvgIpc) is 2.94. The van der Waals surface area contributed by atoms with E-state index in [9.17, 15) is 0 Å². The summed E-state index contributed by atoms with van der Waals surface area (Å²) in [5.74, 6) is 1.79. The van der Waals surface area contributed by atoms with Crippen molar-refractivity contribution in [3.05, 3.63) is 0 Å². The van der Waals surface area contributed by atoms with Gasteiger partial charge in [0.05, 0.1) is 11.7 Å². The second-order valence-electron chi connectivity index (χ2n) is 6.89. The van der Waals surface area contributed by atoms with E-state index in [1.54, 1.807) is 0 Å². The predicted octanol–water partition coefficient (Wildman–Crippen LogP) is 3.75. The van der Waals surface area contributed by atoms with Crippen LogP contribution in [0.15, 0.2) is 0 Å². The van der Waals surface area contributed by atoms with Crippen molar-refractivity contribution in [1.29, 1.82) is 0 Å². The molecule has 1 heterocycles. The van der Waals surface area contributed by atoms with E-state index < -0.39 is 0 Å². The fraction of sp³-hybridized carbons (Fsp3) is 1.00. The SMILES string of the molecule is CCNCC(CC1CCC(C)(C)O1)C1CCCC1. The zero-order chi connectivity index (χ0) is 13.0. The molecule has 18 heavy (non-hydrogen) atoms. The molecule has 106 valence electrons. The van der Waals surface area contributed by atoms with Gasteiger partial charge < -0.3 is 10.1 Å². The molecule has 2 nitrogen and oxygen atoms in total. The van der Waals surface area contributed by atoms with Crippen molar-refractivity contribution in [1.82, 2.24) is 5.32 Å². The van der Waals surface area contributed by atoms with Crippen molar-refractivity contribution >= 4 is 0 Å². The second-order valence-corrected chi connectivity index (χ2v) is 6.89. The van der Waals surface area contributed by atoms with Gasteiger partial charge in [-0.25, -0.2) is 0 Å². The van der Waals surface area contributed by atoms with Gasteiger partial charge in [-0.3, -0.25) is 0 Å². The molecule has 0 aromatic carbocycles. The quantitative estimate of drug-likeness (QED) is 0.778.